The number of aromatic nitrogens is 3. The fraction of sp³-hybridized carbons (Fsp3) is 0.600. The largest absolute Gasteiger partial charge is 0.299 e. The lowest BCUT2D eigenvalue weighted by atomic mass is 9.98. The van der Waals surface area contributed by atoms with Crippen LogP contribution in [0.15, 0.2) is 0 Å². The number of ketones is 1. The van der Waals surface area contributed by atoms with Gasteiger partial charge in [0.05, 0.1) is 5.92 Å². The highest BCUT2D eigenvalue weighted by molar-refractivity contribution is 6.31. The number of halogens is 2. The van der Waals surface area contributed by atoms with E-state index in [-0.39, 0.29) is 22.3 Å². The Morgan fingerprint density at radius 2 is 1.69 bits per heavy atom. The van der Waals surface area contributed by atoms with Crippen LogP contribution in [-0.2, 0) is 4.79 Å². The maximum absolute atomic E-state index is 11.9. The molecule has 1 aliphatic carbocycles. The third-order valence-electron chi connectivity index (χ3n) is 2.71. The SMILES string of the molecule is O=C1CCCCCC1c1nc(Cl)nc(Cl)n1. The van der Waals surface area contributed by atoms with Gasteiger partial charge in [0, 0.05) is 6.42 Å². The van der Waals surface area contributed by atoms with Crippen molar-refractivity contribution in [3.05, 3.63) is 16.4 Å². The van der Waals surface area contributed by atoms with Gasteiger partial charge in [-0.3, -0.25) is 4.79 Å². The Hall–Kier alpha value is -0.740. The molecule has 1 aliphatic rings. The van der Waals surface area contributed by atoms with Crippen molar-refractivity contribution in [2.45, 2.75) is 38.0 Å². The van der Waals surface area contributed by atoms with E-state index in [1.807, 2.05) is 0 Å². The van der Waals surface area contributed by atoms with E-state index in [2.05, 4.69) is 15.0 Å². The molecule has 0 amide bonds. The van der Waals surface area contributed by atoms with Gasteiger partial charge in [0.25, 0.3) is 0 Å². The van der Waals surface area contributed by atoms with Gasteiger partial charge in [0.1, 0.15) is 11.6 Å². The summed E-state index contributed by atoms with van der Waals surface area (Å²) in [5.41, 5.74) is 0. The number of nitrogens with zero attached hydrogens (tertiary/aromatic N) is 3. The monoisotopic (exact) mass is 259 g/mol. The highest BCUT2D eigenvalue weighted by Gasteiger charge is 2.25. The second kappa shape index (κ2) is 5.06. The molecule has 1 saturated carbocycles. The van der Waals surface area contributed by atoms with E-state index in [9.17, 15) is 4.79 Å². The van der Waals surface area contributed by atoms with Crippen molar-refractivity contribution in [2.75, 3.05) is 0 Å². The molecule has 6 heteroatoms. The number of carbonyl (C=O) groups is 1. The van der Waals surface area contributed by atoms with Gasteiger partial charge < -0.3 is 0 Å². The first kappa shape index (κ1) is 11.7. The molecule has 1 aromatic heterocycles. The Morgan fingerprint density at radius 3 is 2.38 bits per heavy atom. The second-order valence-electron chi connectivity index (χ2n) is 3.85. The van der Waals surface area contributed by atoms with Gasteiger partial charge in [-0.15, -0.1) is 0 Å². The van der Waals surface area contributed by atoms with Crippen molar-refractivity contribution in [1.82, 2.24) is 15.0 Å². The lowest BCUT2D eigenvalue weighted by Crippen LogP contribution is -2.14. The summed E-state index contributed by atoms with van der Waals surface area (Å²) in [6.07, 6.45) is 4.40. The van der Waals surface area contributed by atoms with Crippen LogP contribution < -0.4 is 0 Å². The molecule has 4 nitrogen and oxygen atoms in total. The van der Waals surface area contributed by atoms with Gasteiger partial charge >= 0.3 is 0 Å². The highest BCUT2D eigenvalue weighted by Crippen LogP contribution is 2.27. The average Bonchev–Trinajstić information content (AvgIpc) is 2.41. The van der Waals surface area contributed by atoms with Gasteiger partial charge in [-0.1, -0.05) is 12.8 Å². The maximum Gasteiger partial charge on any atom is 0.226 e. The molecule has 0 radical (unpaired) electrons. The summed E-state index contributed by atoms with van der Waals surface area (Å²) in [5.74, 6) is 0.327. The van der Waals surface area contributed by atoms with Crippen LogP contribution in [0, 0.1) is 0 Å². The summed E-state index contributed by atoms with van der Waals surface area (Å²) in [5, 5.41) is 0.0964. The van der Waals surface area contributed by atoms with E-state index in [0.717, 1.165) is 25.7 Å². The van der Waals surface area contributed by atoms with Gasteiger partial charge in [-0.2, -0.15) is 4.98 Å². The minimum Gasteiger partial charge on any atom is -0.299 e. The van der Waals surface area contributed by atoms with E-state index < -0.39 is 0 Å². The minimum absolute atomic E-state index is 0.0482. The van der Waals surface area contributed by atoms with Gasteiger partial charge in [0.15, 0.2) is 0 Å². The van der Waals surface area contributed by atoms with E-state index in [1.165, 1.54) is 0 Å². The molecule has 0 spiro atoms. The first-order valence-corrected chi connectivity index (χ1v) is 6.02. The van der Waals surface area contributed by atoms with Crippen molar-refractivity contribution in [3.8, 4) is 0 Å². The molecule has 0 N–H and O–H groups in total. The zero-order chi connectivity index (χ0) is 11.5. The van der Waals surface area contributed by atoms with Crippen LogP contribution in [0.4, 0.5) is 0 Å². The third kappa shape index (κ3) is 2.68. The van der Waals surface area contributed by atoms with E-state index >= 15 is 0 Å². The van der Waals surface area contributed by atoms with Crippen LogP contribution >= 0.6 is 23.2 Å². The Balaban J connectivity index is 2.30. The Labute approximate surface area is 103 Å². The van der Waals surface area contributed by atoms with Crippen LogP contribution in [0.1, 0.15) is 43.8 Å². The smallest absolute Gasteiger partial charge is 0.226 e. The van der Waals surface area contributed by atoms with Crippen molar-refractivity contribution in [3.63, 3.8) is 0 Å². The van der Waals surface area contributed by atoms with E-state index in [4.69, 9.17) is 23.2 Å². The summed E-state index contributed by atoms with van der Waals surface area (Å²) in [7, 11) is 0. The van der Waals surface area contributed by atoms with Crippen LogP contribution in [0.5, 0.6) is 0 Å². The summed E-state index contributed by atoms with van der Waals surface area (Å²) >= 11 is 11.4. The molecule has 16 heavy (non-hydrogen) atoms. The zero-order valence-electron chi connectivity index (χ0n) is 8.62. The number of hydrogen-bond acceptors (Lipinski definition) is 4. The molecule has 0 aromatic carbocycles. The van der Waals surface area contributed by atoms with Crippen molar-refractivity contribution in [2.24, 2.45) is 0 Å². The van der Waals surface area contributed by atoms with Crippen molar-refractivity contribution < 1.29 is 4.79 Å². The summed E-state index contributed by atoms with van der Waals surface area (Å²) in [6, 6.07) is 0. The molecule has 86 valence electrons. The summed E-state index contributed by atoms with van der Waals surface area (Å²) in [4.78, 5) is 23.5. The molecule has 0 saturated heterocycles. The predicted molar refractivity (Wildman–Crippen MR) is 60.7 cm³/mol. The molecule has 1 atom stereocenters. The second-order valence-corrected chi connectivity index (χ2v) is 4.53. The summed E-state index contributed by atoms with van der Waals surface area (Å²) < 4.78 is 0. The number of Topliss-reactive ketones (excluding diaryl/α,β-unsaturated/α-hetero) is 1. The lowest BCUT2D eigenvalue weighted by Gasteiger charge is -2.10. The van der Waals surface area contributed by atoms with Gasteiger partial charge in [-0.05, 0) is 36.0 Å². The lowest BCUT2D eigenvalue weighted by molar-refractivity contribution is -0.120. The van der Waals surface area contributed by atoms with E-state index in [0.29, 0.717) is 12.2 Å². The molecule has 2 rings (SSSR count). The molecule has 0 aliphatic heterocycles. The Kier molecular flexibility index (Phi) is 3.71. The molecular weight excluding hydrogens is 249 g/mol. The van der Waals surface area contributed by atoms with Crippen LogP contribution in [-0.4, -0.2) is 20.7 Å². The first-order valence-electron chi connectivity index (χ1n) is 5.26. The molecular formula is C10H11Cl2N3O. The third-order valence-corrected chi connectivity index (χ3v) is 3.05. The highest BCUT2D eigenvalue weighted by atomic mass is 35.5. The maximum atomic E-state index is 11.9. The molecule has 1 aromatic rings. The molecule has 0 bridgehead atoms. The van der Waals surface area contributed by atoms with Gasteiger partial charge in [0.2, 0.25) is 10.6 Å². The Morgan fingerprint density at radius 1 is 1.00 bits per heavy atom. The predicted octanol–water partition coefficient (Wildman–Crippen LogP) is 2.80. The molecule has 1 unspecified atom stereocenters. The number of carbonyl (C=O) groups excluding carboxylic acids is 1. The average molecular weight is 260 g/mol. The van der Waals surface area contributed by atoms with Crippen LogP contribution in [0.3, 0.4) is 0 Å². The number of hydrogen-bond donors (Lipinski definition) is 0. The van der Waals surface area contributed by atoms with E-state index in [1.54, 1.807) is 0 Å². The Bertz CT molecular complexity index is 391. The fourth-order valence-electron chi connectivity index (χ4n) is 1.93. The van der Waals surface area contributed by atoms with Crippen molar-refractivity contribution >= 4 is 29.0 Å². The molecule has 1 fully saturated rings. The van der Waals surface area contributed by atoms with Crippen LogP contribution in [0.25, 0.3) is 0 Å². The normalized spacial score (nSPS) is 21.9. The standard InChI is InChI=1S/C10H11Cl2N3O/c11-9-13-8(14-10(12)15-9)6-4-2-1-3-5-7(6)16/h6H,1-5H2. The van der Waals surface area contributed by atoms with Crippen molar-refractivity contribution in [1.29, 1.82) is 0 Å². The molecule has 1 heterocycles. The van der Waals surface area contributed by atoms with Crippen LogP contribution in [0.2, 0.25) is 10.6 Å². The summed E-state index contributed by atoms with van der Waals surface area (Å²) in [6.45, 7) is 0. The fourth-order valence-corrected chi connectivity index (χ4v) is 2.31. The van der Waals surface area contributed by atoms with Gasteiger partial charge in [-0.25, -0.2) is 9.97 Å². The zero-order valence-corrected chi connectivity index (χ0v) is 10.1. The topological polar surface area (TPSA) is 55.7 Å². The number of rotatable bonds is 1. The minimum atomic E-state index is -0.263. The first-order chi connectivity index (χ1) is 7.66. The quantitative estimate of drug-likeness (QED) is 0.728.